The highest BCUT2D eigenvalue weighted by Crippen LogP contribution is 2.22. The predicted molar refractivity (Wildman–Crippen MR) is 86.3 cm³/mol. The van der Waals surface area contributed by atoms with Gasteiger partial charge in [-0.25, -0.2) is 0 Å². The van der Waals surface area contributed by atoms with Crippen LogP contribution in [0.5, 0.6) is 0 Å². The van der Waals surface area contributed by atoms with Gasteiger partial charge in [-0.05, 0) is 12.1 Å². The van der Waals surface area contributed by atoms with Crippen molar-refractivity contribution >= 4 is 28.4 Å². The van der Waals surface area contributed by atoms with Crippen molar-refractivity contribution in [2.24, 2.45) is 0 Å². The van der Waals surface area contributed by atoms with Crippen LogP contribution < -0.4 is 4.90 Å². The molecule has 7 nitrogen and oxygen atoms in total. The van der Waals surface area contributed by atoms with E-state index in [0.717, 1.165) is 44.2 Å². The third-order valence-electron chi connectivity index (χ3n) is 4.01. The van der Waals surface area contributed by atoms with Crippen LogP contribution in [0.3, 0.4) is 0 Å². The lowest BCUT2D eigenvalue weighted by molar-refractivity contribution is -0.384. The first-order chi connectivity index (χ1) is 10.6. The van der Waals surface area contributed by atoms with Gasteiger partial charge >= 0.3 is 0 Å². The number of nitro groups is 1. The molecule has 2 fully saturated rings. The minimum Gasteiger partial charge on any atom is -0.369 e. The number of piperazine rings is 1. The summed E-state index contributed by atoms with van der Waals surface area (Å²) in [5.41, 5.74) is 1.13. The van der Waals surface area contributed by atoms with Crippen LogP contribution in [0.2, 0.25) is 0 Å². The molecule has 0 N–H and O–H groups in total. The number of rotatable bonds is 4. The number of hydrogen-bond acceptors (Lipinski definition) is 6. The molecule has 1 aromatic carbocycles. The predicted octanol–water partition coefficient (Wildman–Crippen LogP) is 1.84. The number of carbonyl (C=O) groups excluding carboxylic acids is 1. The van der Waals surface area contributed by atoms with Gasteiger partial charge in [0.15, 0.2) is 0 Å². The van der Waals surface area contributed by atoms with Crippen molar-refractivity contribution in [1.29, 1.82) is 0 Å². The maximum atomic E-state index is 11.6. The van der Waals surface area contributed by atoms with Crippen molar-refractivity contribution in [3.8, 4) is 0 Å². The van der Waals surface area contributed by atoms with Gasteiger partial charge in [-0.15, -0.1) is 0 Å². The lowest BCUT2D eigenvalue weighted by atomic mass is 10.2. The van der Waals surface area contributed by atoms with Crippen LogP contribution in [0.1, 0.15) is 0 Å². The van der Waals surface area contributed by atoms with Gasteiger partial charge in [0.25, 0.3) is 10.9 Å². The molecule has 118 valence electrons. The molecule has 2 aliphatic rings. The molecule has 2 heterocycles. The fourth-order valence-electron chi connectivity index (χ4n) is 2.73. The monoisotopic (exact) mass is 322 g/mol. The summed E-state index contributed by atoms with van der Waals surface area (Å²) in [6.07, 6.45) is 0. The minimum atomic E-state index is -0.382. The first-order valence-corrected chi connectivity index (χ1v) is 8.25. The summed E-state index contributed by atoms with van der Waals surface area (Å²) in [7, 11) is 0. The number of anilines is 1. The molecule has 2 aliphatic heterocycles. The van der Waals surface area contributed by atoms with Crippen LogP contribution in [0.4, 0.5) is 16.2 Å². The molecular formula is C14H18N4O3S. The summed E-state index contributed by atoms with van der Waals surface area (Å²) in [6, 6.07) is 6.69. The van der Waals surface area contributed by atoms with Crippen molar-refractivity contribution < 1.29 is 9.72 Å². The van der Waals surface area contributed by atoms with Crippen LogP contribution in [-0.4, -0.2) is 65.1 Å². The molecule has 0 saturated carbocycles. The normalized spacial score (nSPS) is 19.7. The maximum absolute atomic E-state index is 11.6. The molecule has 1 aromatic rings. The van der Waals surface area contributed by atoms with E-state index in [1.54, 1.807) is 24.3 Å². The van der Waals surface area contributed by atoms with Gasteiger partial charge in [0.1, 0.15) is 0 Å². The number of carbonyl (C=O) groups is 1. The van der Waals surface area contributed by atoms with Crippen LogP contribution in [0.25, 0.3) is 0 Å². The molecule has 2 saturated heterocycles. The highest BCUT2D eigenvalue weighted by molar-refractivity contribution is 8.13. The quantitative estimate of drug-likeness (QED) is 0.622. The van der Waals surface area contributed by atoms with E-state index >= 15 is 0 Å². The molecule has 8 heteroatoms. The fourth-order valence-corrected chi connectivity index (χ4v) is 3.55. The lowest BCUT2D eigenvalue weighted by Gasteiger charge is -2.37. The van der Waals surface area contributed by atoms with Crippen LogP contribution >= 0.6 is 11.8 Å². The van der Waals surface area contributed by atoms with Crippen LogP contribution in [0, 0.1) is 10.1 Å². The molecule has 1 amide bonds. The summed E-state index contributed by atoms with van der Waals surface area (Å²) in [4.78, 5) is 28.3. The Kier molecular flexibility index (Phi) is 4.49. The second-order valence-electron chi connectivity index (χ2n) is 5.40. The standard InChI is InChI=1S/C14H18N4O3S/c19-14-17(9-10-22-14)11-15-5-7-16(8-6-15)12-1-3-13(4-2-12)18(20)21/h1-4H,5-11H2. The largest absolute Gasteiger partial charge is 0.369 e. The van der Waals surface area contributed by atoms with Gasteiger partial charge in [-0.3, -0.25) is 19.8 Å². The van der Waals surface area contributed by atoms with E-state index in [1.807, 2.05) is 4.90 Å². The molecule has 0 aromatic heterocycles. The zero-order chi connectivity index (χ0) is 15.5. The maximum Gasteiger partial charge on any atom is 0.282 e. The van der Waals surface area contributed by atoms with Crippen LogP contribution in [0.15, 0.2) is 24.3 Å². The van der Waals surface area contributed by atoms with Crippen molar-refractivity contribution in [3.05, 3.63) is 34.4 Å². The molecule has 0 bridgehead atoms. The second-order valence-corrected chi connectivity index (χ2v) is 6.44. The second kappa shape index (κ2) is 6.53. The van der Waals surface area contributed by atoms with E-state index in [9.17, 15) is 14.9 Å². The third kappa shape index (κ3) is 3.33. The Hall–Kier alpha value is -1.80. The fraction of sp³-hybridized carbons (Fsp3) is 0.500. The molecule has 0 atom stereocenters. The van der Waals surface area contributed by atoms with E-state index in [4.69, 9.17) is 0 Å². The Balaban J connectivity index is 1.52. The molecule has 3 rings (SSSR count). The van der Waals surface area contributed by atoms with Gasteiger partial charge in [0, 0.05) is 56.3 Å². The molecular weight excluding hydrogens is 304 g/mol. The van der Waals surface area contributed by atoms with E-state index in [2.05, 4.69) is 9.80 Å². The SMILES string of the molecule is O=C1SCCN1CN1CCN(c2ccc([N+](=O)[O-])cc2)CC1. The number of amides is 1. The van der Waals surface area contributed by atoms with E-state index in [-0.39, 0.29) is 15.8 Å². The first kappa shape index (κ1) is 15.1. The third-order valence-corrected chi connectivity index (χ3v) is 4.91. The van der Waals surface area contributed by atoms with Gasteiger partial charge in [0.2, 0.25) is 0 Å². The highest BCUT2D eigenvalue weighted by Gasteiger charge is 2.25. The minimum absolute atomic E-state index is 0.118. The lowest BCUT2D eigenvalue weighted by Crippen LogP contribution is -2.50. The number of nitro benzene ring substituents is 1. The summed E-state index contributed by atoms with van der Waals surface area (Å²) in [6.45, 7) is 5.07. The highest BCUT2D eigenvalue weighted by atomic mass is 32.2. The van der Waals surface area contributed by atoms with Crippen molar-refractivity contribution in [1.82, 2.24) is 9.80 Å². The Labute approximate surface area is 133 Å². The van der Waals surface area contributed by atoms with Gasteiger partial charge < -0.3 is 9.80 Å². The Morgan fingerprint density at radius 3 is 2.32 bits per heavy atom. The average molecular weight is 322 g/mol. The summed E-state index contributed by atoms with van der Waals surface area (Å²) >= 11 is 1.39. The van der Waals surface area contributed by atoms with E-state index in [0.29, 0.717) is 6.67 Å². The summed E-state index contributed by atoms with van der Waals surface area (Å²) in [5, 5.41) is 10.9. The number of hydrogen-bond donors (Lipinski definition) is 0. The molecule has 0 radical (unpaired) electrons. The zero-order valence-electron chi connectivity index (χ0n) is 12.2. The molecule has 0 spiro atoms. The number of nitrogens with zero attached hydrogens (tertiary/aromatic N) is 4. The van der Waals surface area contributed by atoms with E-state index < -0.39 is 0 Å². The smallest absolute Gasteiger partial charge is 0.282 e. The number of non-ortho nitro benzene ring substituents is 1. The van der Waals surface area contributed by atoms with Gasteiger partial charge in [-0.1, -0.05) is 11.8 Å². The zero-order valence-corrected chi connectivity index (χ0v) is 13.0. The Bertz CT molecular complexity index is 558. The average Bonchev–Trinajstić information content (AvgIpc) is 2.93. The Morgan fingerprint density at radius 2 is 1.77 bits per heavy atom. The number of benzene rings is 1. The summed E-state index contributed by atoms with van der Waals surface area (Å²) in [5.74, 6) is 0.890. The van der Waals surface area contributed by atoms with Crippen molar-refractivity contribution in [2.45, 2.75) is 0 Å². The number of thioether (sulfide) groups is 1. The van der Waals surface area contributed by atoms with Gasteiger partial charge in [-0.2, -0.15) is 0 Å². The van der Waals surface area contributed by atoms with Crippen LogP contribution in [-0.2, 0) is 0 Å². The molecule has 0 aliphatic carbocycles. The van der Waals surface area contributed by atoms with E-state index in [1.165, 1.54) is 11.8 Å². The topological polar surface area (TPSA) is 69.9 Å². The van der Waals surface area contributed by atoms with Crippen molar-refractivity contribution in [2.75, 3.05) is 50.0 Å². The van der Waals surface area contributed by atoms with Crippen molar-refractivity contribution in [3.63, 3.8) is 0 Å². The molecule has 22 heavy (non-hydrogen) atoms. The Morgan fingerprint density at radius 1 is 1.09 bits per heavy atom. The van der Waals surface area contributed by atoms with Gasteiger partial charge in [0.05, 0.1) is 11.6 Å². The first-order valence-electron chi connectivity index (χ1n) is 7.27. The molecule has 0 unspecified atom stereocenters. The summed E-state index contributed by atoms with van der Waals surface area (Å²) < 4.78 is 0.